The summed E-state index contributed by atoms with van der Waals surface area (Å²) in [6, 6.07) is 22.3. The average molecular weight is 417 g/mol. The maximum absolute atomic E-state index is 12.5. The standard InChI is InChI=1S/C25H21ClN2O2/c1-17-6-11-23(12-18(17)2)28-25(29)21(15-27)13-20-4-3-5-24(14-20)30-16-19-7-9-22(26)10-8-19/h3-14H,16H2,1-2H3,(H,28,29)/b21-13-. The van der Waals surface area contributed by atoms with E-state index in [2.05, 4.69) is 5.32 Å². The summed E-state index contributed by atoms with van der Waals surface area (Å²) in [4.78, 5) is 12.5. The van der Waals surface area contributed by atoms with Gasteiger partial charge in [0.1, 0.15) is 24.0 Å². The first-order valence-corrected chi connectivity index (χ1v) is 9.80. The third kappa shape index (κ3) is 5.73. The lowest BCUT2D eigenvalue weighted by Gasteiger charge is -2.08. The van der Waals surface area contributed by atoms with Crippen molar-refractivity contribution < 1.29 is 9.53 Å². The SMILES string of the molecule is Cc1ccc(NC(=O)/C(C#N)=C\c2cccc(OCc3ccc(Cl)cc3)c2)cc1C. The third-order valence-corrected chi connectivity index (χ3v) is 4.87. The number of ether oxygens (including phenoxy) is 1. The highest BCUT2D eigenvalue weighted by Gasteiger charge is 2.10. The number of hydrogen-bond acceptors (Lipinski definition) is 3. The van der Waals surface area contributed by atoms with Crippen molar-refractivity contribution in [2.24, 2.45) is 0 Å². The molecule has 0 unspecified atom stereocenters. The highest BCUT2D eigenvalue weighted by atomic mass is 35.5. The fourth-order valence-corrected chi connectivity index (χ4v) is 2.90. The third-order valence-electron chi connectivity index (χ3n) is 4.62. The van der Waals surface area contributed by atoms with Crippen LogP contribution in [0.1, 0.15) is 22.3 Å². The minimum Gasteiger partial charge on any atom is -0.489 e. The van der Waals surface area contributed by atoms with E-state index >= 15 is 0 Å². The molecule has 0 saturated carbocycles. The summed E-state index contributed by atoms with van der Waals surface area (Å²) in [5.41, 5.74) is 4.58. The Hall–Kier alpha value is -3.55. The molecule has 3 aromatic carbocycles. The Morgan fingerprint density at radius 1 is 1.07 bits per heavy atom. The summed E-state index contributed by atoms with van der Waals surface area (Å²) in [5, 5.41) is 12.9. The normalized spacial score (nSPS) is 10.9. The van der Waals surface area contributed by atoms with Crippen LogP contribution >= 0.6 is 11.6 Å². The van der Waals surface area contributed by atoms with Crippen LogP contribution in [0.5, 0.6) is 5.75 Å². The molecule has 0 fully saturated rings. The molecule has 0 bridgehead atoms. The number of benzene rings is 3. The van der Waals surface area contributed by atoms with E-state index < -0.39 is 5.91 Å². The van der Waals surface area contributed by atoms with Crippen molar-refractivity contribution in [3.8, 4) is 11.8 Å². The van der Waals surface area contributed by atoms with Crippen LogP contribution in [0.15, 0.2) is 72.3 Å². The molecule has 0 radical (unpaired) electrons. The number of amides is 1. The van der Waals surface area contributed by atoms with Crippen LogP contribution < -0.4 is 10.1 Å². The zero-order valence-electron chi connectivity index (χ0n) is 16.8. The molecule has 0 aliphatic rings. The van der Waals surface area contributed by atoms with E-state index in [4.69, 9.17) is 16.3 Å². The monoisotopic (exact) mass is 416 g/mol. The molecule has 0 saturated heterocycles. The average Bonchev–Trinajstić information content (AvgIpc) is 2.74. The second-order valence-electron chi connectivity index (χ2n) is 6.91. The molecule has 0 heterocycles. The first-order chi connectivity index (χ1) is 14.4. The lowest BCUT2D eigenvalue weighted by molar-refractivity contribution is -0.112. The predicted molar refractivity (Wildman–Crippen MR) is 120 cm³/mol. The van der Waals surface area contributed by atoms with Crippen LogP contribution in [0, 0.1) is 25.2 Å². The van der Waals surface area contributed by atoms with Gasteiger partial charge in [0.15, 0.2) is 0 Å². The fourth-order valence-electron chi connectivity index (χ4n) is 2.77. The summed E-state index contributed by atoms with van der Waals surface area (Å²) in [6.45, 7) is 4.37. The Morgan fingerprint density at radius 3 is 2.53 bits per heavy atom. The van der Waals surface area contributed by atoms with Crippen LogP contribution in [-0.4, -0.2) is 5.91 Å². The fraction of sp³-hybridized carbons (Fsp3) is 0.120. The molecule has 3 rings (SSSR count). The molecule has 0 atom stereocenters. The van der Waals surface area contributed by atoms with E-state index in [1.807, 2.05) is 80.6 Å². The summed E-state index contributed by atoms with van der Waals surface area (Å²) < 4.78 is 5.81. The van der Waals surface area contributed by atoms with Crippen molar-refractivity contribution in [1.29, 1.82) is 5.26 Å². The Balaban J connectivity index is 1.71. The maximum atomic E-state index is 12.5. The minimum absolute atomic E-state index is 0.0167. The van der Waals surface area contributed by atoms with E-state index in [1.165, 1.54) is 0 Å². The number of halogens is 1. The van der Waals surface area contributed by atoms with Crippen molar-refractivity contribution in [3.63, 3.8) is 0 Å². The second-order valence-corrected chi connectivity index (χ2v) is 7.35. The van der Waals surface area contributed by atoms with E-state index in [1.54, 1.807) is 12.1 Å². The van der Waals surface area contributed by atoms with E-state index in [0.29, 0.717) is 28.6 Å². The van der Waals surface area contributed by atoms with Crippen molar-refractivity contribution in [2.75, 3.05) is 5.32 Å². The van der Waals surface area contributed by atoms with Crippen LogP contribution in [0.4, 0.5) is 5.69 Å². The Morgan fingerprint density at radius 2 is 1.83 bits per heavy atom. The molecule has 0 aromatic heterocycles. The van der Waals surface area contributed by atoms with Gasteiger partial charge in [0.25, 0.3) is 5.91 Å². The number of hydrogen-bond donors (Lipinski definition) is 1. The first kappa shape index (κ1) is 21.2. The summed E-state index contributed by atoms with van der Waals surface area (Å²) in [6.07, 6.45) is 1.55. The first-order valence-electron chi connectivity index (χ1n) is 9.42. The van der Waals surface area contributed by atoms with Gasteiger partial charge in [-0.2, -0.15) is 5.26 Å². The number of aryl methyl sites for hydroxylation is 2. The molecule has 1 N–H and O–H groups in total. The van der Waals surface area contributed by atoms with E-state index in [9.17, 15) is 10.1 Å². The molecular formula is C25H21ClN2O2. The molecule has 4 nitrogen and oxygen atoms in total. The van der Waals surface area contributed by atoms with Gasteiger partial charge in [-0.25, -0.2) is 0 Å². The Labute approximate surface area is 181 Å². The topological polar surface area (TPSA) is 62.1 Å². The van der Waals surface area contributed by atoms with Gasteiger partial charge in [-0.1, -0.05) is 41.9 Å². The summed E-state index contributed by atoms with van der Waals surface area (Å²) in [5.74, 6) is 0.193. The van der Waals surface area contributed by atoms with Crippen LogP contribution in [-0.2, 0) is 11.4 Å². The minimum atomic E-state index is -0.451. The molecule has 3 aromatic rings. The van der Waals surface area contributed by atoms with E-state index in [0.717, 1.165) is 16.7 Å². The molecule has 1 amide bonds. The van der Waals surface area contributed by atoms with Crippen molar-refractivity contribution in [2.45, 2.75) is 20.5 Å². The largest absolute Gasteiger partial charge is 0.489 e. The lowest BCUT2D eigenvalue weighted by Crippen LogP contribution is -2.13. The maximum Gasteiger partial charge on any atom is 0.266 e. The van der Waals surface area contributed by atoms with Crippen molar-refractivity contribution in [3.05, 3.63) is 99.6 Å². The number of carbonyl (C=O) groups is 1. The summed E-state index contributed by atoms with van der Waals surface area (Å²) >= 11 is 5.90. The quantitative estimate of drug-likeness (QED) is 0.391. The van der Waals surface area contributed by atoms with Gasteiger partial charge >= 0.3 is 0 Å². The van der Waals surface area contributed by atoms with Crippen molar-refractivity contribution in [1.82, 2.24) is 0 Å². The zero-order chi connectivity index (χ0) is 21.5. The molecular weight excluding hydrogens is 396 g/mol. The van der Waals surface area contributed by atoms with Crippen LogP contribution in [0.25, 0.3) is 6.08 Å². The number of nitrogens with one attached hydrogen (secondary N) is 1. The van der Waals surface area contributed by atoms with Gasteiger partial charge in [0, 0.05) is 10.7 Å². The van der Waals surface area contributed by atoms with Gasteiger partial charge < -0.3 is 10.1 Å². The van der Waals surface area contributed by atoms with Gasteiger partial charge in [-0.05, 0) is 78.6 Å². The Kier molecular flexibility index (Phi) is 6.90. The zero-order valence-corrected chi connectivity index (χ0v) is 17.5. The highest BCUT2D eigenvalue weighted by Crippen LogP contribution is 2.19. The van der Waals surface area contributed by atoms with Gasteiger partial charge in [-0.3, -0.25) is 4.79 Å². The second kappa shape index (κ2) is 9.78. The number of rotatable bonds is 6. The molecule has 30 heavy (non-hydrogen) atoms. The van der Waals surface area contributed by atoms with Crippen LogP contribution in [0.2, 0.25) is 5.02 Å². The number of carbonyl (C=O) groups excluding carboxylic acids is 1. The molecule has 0 aliphatic carbocycles. The molecule has 0 spiro atoms. The Bertz CT molecular complexity index is 1130. The number of nitrogens with zero attached hydrogens (tertiary/aromatic N) is 1. The highest BCUT2D eigenvalue weighted by molar-refractivity contribution is 6.30. The summed E-state index contributed by atoms with van der Waals surface area (Å²) in [7, 11) is 0. The molecule has 5 heteroatoms. The smallest absolute Gasteiger partial charge is 0.266 e. The van der Waals surface area contributed by atoms with Crippen molar-refractivity contribution >= 4 is 29.3 Å². The predicted octanol–water partition coefficient (Wildman–Crippen LogP) is 6.08. The van der Waals surface area contributed by atoms with Gasteiger partial charge in [-0.15, -0.1) is 0 Å². The number of anilines is 1. The number of nitriles is 1. The van der Waals surface area contributed by atoms with Crippen LogP contribution in [0.3, 0.4) is 0 Å². The molecule has 150 valence electrons. The lowest BCUT2D eigenvalue weighted by atomic mass is 10.1. The molecule has 0 aliphatic heterocycles. The van der Waals surface area contributed by atoms with Gasteiger partial charge in [0.2, 0.25) is 0 Å². The van der Waals surface area contributed by atoms with Gasteiger partial charge in [0.05, 0.1) is 0 Å². The van der Waals surface area contributed by atoms with E-state index in [-0.39, 0.29) is 5.57 Å².